The zero-order chi connectivity index (χ0) is 11.3. The van der Waals surface area contributed by atoms with E-state index in [1.807, 2.05) is 11.8 Å². The van der Waals surface area contributed by atoms with Crippen LogP contribution in [0, 0.1) is 0 Å². The van der Waals surface area contributed by atoms with Crippen molar-refractivity contribution in [3.05, 3.63) is 0 Å². The first-order chi connectivity index (χ1) is 6.97. The van der Waals surface area contributed by atoms with E-state index in [4.69, 9.17) is 0 Å². The Morgan fingerprint density at radius 2 is 2.20 bits per heavy atom. The van der Waals surface area contributed by atoms with E-state index in [2.05, 4.69) is 17.0 Å². The zero-order valence-corrected chi connectivity index (χ0v) is 9.46. The first-order valence-corrected chi connectivity index (χ1v) is 6.02. The molecular weight excluding hydrogens is 227 g/mol. The van der Waals surface area contributed by atoms with Crippen LogP contribution in [0.1, 0.15) is 13.3 Å². The van der Waals surface area contributed by atoms with Crippen molar-refractivity contribution in [3.8, 4) is 0 Å². The molecule has 0 radical (unpaired) electrons. The molecule has 0 aromatic heterocycles. The maximum Gasteiger partial charge on any atom is 0.411 e. The van der Waals surface area contributed by atoms with Crippen LogP contribution in [0.2, 0.25) is 0 Å². The fourth-order valence-corrected chi connectivity index (χ4v) is 2.67. The molecule has 0 bridgehead atoms. The maximum absolute atomic E-state index is 11.7. The Balaban J connectivity index is 1.93. The van der Waals surface area contributed by atoms with Crippen LogP contribution in [0.15, 0.2) is 0 Å². The highest BCUT2D eigenvalue weighted by Gasteiger charge is 2.27. The normalized spacial score (nSPS) is 27.2. The summed E-state index contributed by atoms with van der Waals surface area (Å²) in [5.74, 6) is 1.04. The minimum atomic E-state index is -4.21. The third-order valence-corrected chi connectivity index (χ3v) is 3.50. The molecule has 1 aliphatic rings. The molecule has 15 heavy (non-hydrogen) atoms. The van der Waals surface area contributed by atoms with Crippen LogP contribution < -0.4 is 5.32 Å². The molecule has 0 aromatic carbocycles. The number of halogens is 3. The minimum absolute atomic E-state index is 0.120. The predicted octanol–water partition coefficient (Wildman–Crippen LogP) is 2.05. The van der Waals surface area contributed by atoms with Gasteiger partial charge in [-0.1, -0.05) is 6.92 Å². The van der Waals surface area contributed by atoms with Crippen LogP contribution in [-0.4, -0.2) is 43.0 Å². The summed E-state index contributed by atoms with van der Waals surface area (Å²) in [4.78, 5) is 0. The molecule has 0 spiro atoms. The second-order valence-electron chi connectivity index (χ2n) is 3.70. The smallest absolute Gasteiger partial charge is 0.371 e. The van der Waals surface area contributed by atoms with Crippen molar-refractivity contribution in [2.75, 3.05) is 25.5 Å². The minimum Gasteiger partial charge on any atom is -0.371 e. The Hall–Kier alpha value is 0.0600. The average molecular weight is 243 g/mol. The Kier molecular flexibility index (Phi) is 5.22. The molecule has 6 heteroatoms. The SMILES string of the molecule is CC1CC(NCCOCC(F)(F)F)CS1. The lowest BCUT2D eigenvalue weighted by molar-refractivity contribution is -0.173. The molecule has 0 saturated carbocycles. The maximum atomic E-state index is 11.7. The van der Waals surface area contributed by atoms with E-state index in [0.29, 0.717) is 17.8 Å². The lowest BCUT2D eigenvalue weighted by atomic mass is 10.2. The molecule has 1 saturated heterocycles. The second-order valence-corrected chi connectivity index (χ2v) is 5.17. The van der Waals surface area contributed by atoms with Gasteiger partial charge in [0.1, 0.15) is 6.61 Å². The highest BCUT2D eigenvalue weighted by molar-refractivity contribution is 8.00. The Morgan fingerprint density at radius 1 is 1.47 bits per heavy atom. The molecule has 0 amide bonds. The van der Waals surface area contributed by atoms with E-state index in [0.717, 1.165) is 12.2 Å². The second kappa shape index (κ2) is 5.96. The van der Waals surface area contributed by atoms with E-state index in [1.54, 1.807) is 0 Å². The van der Waals surface area contributed by atoms with Gasteiger partial charge in [0.15, 0.2) is 0 Å². The summed E-state index contributed by atoms with van der Waals surface area (Å²) in [7, 11) is 0. The third-order valence-electron chi connectivity index (χ3n) is 2.14. The van der Waals surface area contributed by atoms with Crippen molar-refractivity contribution < 1.29 is 17.9 Å². The van der Waals surface area contributed by atoms with Crippen LogP contribution >= 0.6 is 11.8 Å². The van der Waals surface area contributed by atoms with Crippen molar-refractivity contribution in [1.82, 2.24) is 5.32 Å². The standard InChI is InChI=1S/C9H16F3NOS/c1-7-4-8(5-15-7)13-2-3-14-6-9(10,11)12/h7-8,13H,2-6H2,1H3. The lowest BCUT2D eigenvalue weighted by Crippen LogP contribution is -2.32. The summed E-state index contributed by atoms with van der Waals surface area (Å²) in [6.45, 7) is 1.63. The van der Waals surface area contributed by atoms with Crippen LogP contribution in [0.4, 0.5) is 13.2 Å². The number of thioether (sulfide) groups is 1. The number of ether oxygens (including phenoxy) is 1. The van der Waals surface area contributed by atoms with Gasteiger partial charge >= 0.3 is 6.18 Å². The molecule has 1 N–H and O–H groups in total. The highest BCUT2D eigenvalue weighted by Crippen LogP contribution is 2.25. The highest BCUT2D eigenvalue weighted by atomic mass is 32.2. The monoisotopic (exact) mass is 243 g/mol. The van der Waals surface area contributed by atoms with Crippen molar-refractivity contribution in [2.24, 2.45) is 0 Å². The number of hydrogen-bond acceptors (Lipinski definition) is 3. The van der Waals surface area contributed by atoms with Gasteiger partial charge in [0.25, 0.3) is 0 Å². The van der Waals surface area contributed by atoms with Gasteiger partial charge in [-0.05, 0) is 6.42 Å². The van der Waals surface area contributed by atoms with E-state index in [-0.39, 0.29) is 6.61 Å². The molecule has 1 rings (SSSR count). The quantitative estimate of drug-likeness (QED) is 0.747. The molecular formula is C9H16F3NOS. The van der Waals surface area contributed by atoms with Crippen LogP contribution in [0.25, 0.3) is 0 Å². The Bertz CT molecular complexity index is 189. The number of nitrogens with one attached hydrogen (secondary N) is 1. The number of hydrogen-bond donors (Lipinski definition) is 1. The topological polar surface area (TPSA) is 21.3 Å². The van der Waals surface area contributed by atoms with Crippen molar-refractivity contribution in [3.63, 3.8) is 0 Å². The molecule has 0 aromatic rings. The predicted molar refractivity (Wildman–Crippen MR) is 55.2 cm³/mol. The van der Waals surface area contributed by atoms with Gasteiger partial charge < -0.3 is 10.1 Å². The molecule has 2 nitrogen and oxygen atoms in total. The van der Waals surface area contributed by atoms with Crippen LogP contribution in [-0.2, 0) is 4.74 Å². The fraction of sp³-hybridized carbons (Fsp3) is 1.00. The molecule has 1 fully saturated rings. The molecule has 90 valence electrons. The van der Waals surface area contributed by atoms with Gasteiger partial charge in [-0.15, -0.1) is 0 Å². The van der Waals surface area contributed by atoms with Crippen LogP contribution in [0.5, 0.6) is 0 Å². The fourth-order valence-electron chi connectivity index (χ4n) is 1.48. The van der Waals surface area contributed by atoms with Gasteiger partial charge in [0.2, 0.25) is 0 Å². The Labute approximate surface area is 91.9 Å². The van der Waals surface area contributed by atoms with E-state index < -0.39 is 12.8 Å². The van der Waals surface area contributed by atoms with Crippen LogP contribution in [0.3, 0.4) is 0 Å². The van der Waals surface area contributed by atoms with Gasteiger partial charge in [-0.2, -0.15) is 24.9 Å². The van der Waals surface area contributed by atoms with Gasteiger partial charge in [-0.25, -0.2) is 0 Å². The first-order valence-electron chi connectivity index (χ1n) is 4.97. The summed E-state index contributed by atoms with van der Waals surface area (Å²) in [5.41, 5.74) is 0. The summed E-state index contributed by atoms with van der Waals surface area (Å²) >= 11 is 1.89. The molecule has 2 unspecified atom stereocenters. The zero-order valence-electron chi connectivity index (χ0n) is 8.64. The molecule has 1 heterocycles. The van der Waals surface area contributed by atoms with Crippen molar-refractivity contribution >= 4 is 11.8 Å². The molecule has 2 atom stereocenters. The van der Waals surface area contributed by atoms with Crippen molar-refractivity contribution in [1.29, 1.82) is 0 Å². The molecule has 1 aliphatic heterocycles. The van der Waals surface area contributed by atoms with Crippen molar-refractivity contribution in [2.45, 2.75) is 30.8 Å². The Morgan fingerprint density at radius 3 is 2.73 bits per heavy atom. The number of rotatable bonds is 5. The van der Waals surface area contributed by atoms with Gasteiger partial charge in [0, 0.05) is 23.6 Å². The van der Waals surface area contributed by atoms with Gasteiger partial charge in [-0.3, -0.25) is 0 Å². The molecule has 0 aliphatic carbocycles. The van der Waals surface area contributed by atoms with E-state index in [9.17, 15) is 13.2 Å². The summed E-state index contributed by atoms with van der Waals surface area (Å²) < 4.78 is 39.5. The lowest BCUT2D eigenvalue weighted by Gasteiger charge is -2.12. The average Bonchev–Trinajstić information content (AvgIpc) is 2.49. The summed E-state index contributed by atoms with van der Waals surface area (Å²) in [5, 5.41) is 3.84. The van der Waals surface area contributed by atoms with E-state index >= 15 is 0 Å². The number of alkyl halides is 3. The largest absolute Gasteiger partial charge is 0.411 e. The third kappa shape index (κ3) is 6.27. The summed E-state index contributed by atoms with van der Waals surface area (Å²) in [6, 6.07) is 0.430. The first kappa shape index (κ1) is 13.1. The summed E-state index contributed by atoms with van der Waals surface area (Å²) in [6.07, 6.45) is -3.12. The van der Waals surface area contributed by atoms with E-state index in [1.165, 1.54) is 0 Å². The van der Waals surface area contributed by atoms with Gasteiger partial charge in [0.05, 0.1) is 6.61 Å².